The molecule has 0 amide bonds. The summed E-state index contributed by atoms with van der Waals surface area (Å²) in [6, 6.07) is 0. The monoisotopic (exact) mass is 174 g/mol. The van der Waals surface area contributed by atoms with E-state index in [1.54, 1.807) is 0 Å². The average molecular weight is 174 g/mol. The van der Waals surface area contributed by atoms with Crippen molar-refractivity contribution in [2.24, 2.45) is 0 Å². The molecule has 2 nitrogen and oxygen atoms in total. The first-order valence-corrected chi connectivity index (χ1v) is 4.35. The van der Waals surface area contributed by atoms with Crippen molar-refractivity contribution in [3.05, 3.63) is 0 Å². The number of carbonyl (C=O) groups excluding carboxylic acids is 2. The van der Waals surface area contributed by atoms with Gasteiger partial charge in [-0.15, -0.1) is 12.6 Å². The largest absolute Gasteiger partial charge is 0.299 e. The third-order valence-corrected chi connectivity index (χ3v) is 1.57. The molecule has 0 spiro atoms. The minimum atomic E-state index is -0.327. The van der Waals surface area contributed by atoms with Crippen molar-refractivity contribution >= 4 is 23.5 Å². The number of carbonyl (C=O) groups is 2. The van der Waals surface area contributed by atoms with Gasteiger partial charge in [-0.05, 0) is 6.42 Å². The summed E-state index contributed by atoms with van der Waals surface area (Å²) in [5.41, 5.74) is 0. The smallest absolute Gasteiger partial charge is 0.193 e. The maximum atomic E-state index is 10.9. The van der Waals surface area contributed by atoms with Crippen LogP contribution in [0.25, 0.3) is 0 Å². The van der Waals surface area contributed by atoms with Crippen LogP contribution in [0.3, 0.4) is 0 Å². The summed E-state index contributed by atoms with van der Waals surface area (Å²) in [5.74, 6) is 0.0125. The van der Waals surface area contributed by atoms with Gasteiger partial charge in [-0.2, -0.15) is 0 Å². The quantitative estimate of drug-likeness (QED) is 0.379. The van der Waals surface area contributed by atoms with E-state index in [1.807, 2.05) is 0 Å². The van der Waals surface area contributed by atoms with Crippen LogP contribution in [-0.4, -0.2) is 10.9 Å². The third-order valence-electron chi connectivity index (χ3n) is 1.41. The van der Waals surface area contributed by atoms with Crippen LogP contribution in [-0.2, 0) is 9.59 Å². The van der Waals surface area contributed by atoms with Crippen LogP contribution in [0.2, 0.25) is 0 Å². The molecule has 0 aromatic heterocycles. The lowest BCUT2D eigenvalue weighted by atomic mass is 10.1. The van der Waals surface area contributed by atoms with E-state index in [1.165, 1.54) is 0 Å². The Labute approximate surface area is 72.8 Å². The minimum Gasteiger partial charge on any atom is -0.299 e. The molecule has 0 rings (SSSR count). The van der Waals surface area contributed by atoms with E-state index in [2.05, 4.69) is 19.6 Å². The summed E-state index contributed by atoms with van der Waals surface area (Å²) >= 11 is 3.52. The minimum absolute atomic E-state index is 0.00712. The molecular formula is C8H14O2S. The molecule has 0 aromatic carbocycles. The van der Waals surface area contributed by atoms with E-state index in [9.17, 15) is 9.59 Å². The van der Waals surface area contributed by atoms with Gasteiger partial charge < -0.3 is 0 Å². The second-order valence-electron chi connectivity index (χ2n) is 2.57. The summed E-state index contributed by atoms with van der Waals surface area (Å²) in [7, 11) is 0. The molecule has 3 heteroatoms. The van der Waals surface area contributed by atoms with E-state index in [4.69, 9.17) is 0 Å². The molecule has 0 radical (unpaired) electrons. The second kappa shape index (κ2) is 6.40. The molecule has 11 heavy (non-hydrogen) atoms. The third kappa shape index (κ3) is 7.59. The fourth-order valence-electron chi connectivity index (χ4n) is 0.829. The lowest BCUT2D eigenvalue weighted by Gasteiger charge is -1.95. The number of rotatable bonds is 6. The molecule has 0 aliphatic heterocycles. The van der Waals surface area contributed by atoms with Crippen LogP contribution in [0.5, 0.6) is 0 Å². The fourth-order valence-corrected chi connectivity index (χ4v) is 1.01. The highest BCUT2D eigenvalue weighted by Crippen LogP contribution is 2.02. The van der Waals surface area contributed by atoms with E-state index < -0.39 is 0 Å². The molecule has 0 saturated carbocycles. The number of thiol groups is 1. The van der Waals surface area contributed by atoms with E-state index in [0.717, 1.165) is 19.3 Å². The van der Waals surface area contributed by atoms with Crippen molar-refractivity contribution < 1.29 is 9.59 Å². The number of unbranched alkanes of at least 4 members (excludes halogenated alkanes) is 2. The van der Waals surface area contributed by atoms with E-state index in [0.29, 0.717) is 6.42 Å². The van der Waals surface area contributed by atoms with Crippen molar-refractivity contribution in [2.45, 2.75) is 39.0 Å². The lowest BCUT2D eigenvalue weighted by Crippen LogP contribution is -2.01. The van der Waals surface area contributed by atoms with Crippen molar-refractivity contribution in [3.8, 4) is 0 Å². The zero-order chi connectivity index (χ0) is 8.69. The van der Waals surface area contributed by atoms with Crippen molar-refractivity contribution in [2.75, 3.05) is 0 Å². The van der Waals surface area contributed by atoms with Crippen LogP contribution in [0.1, 0.15) is 39.0 Å². The Bertz CT molecular complexity index is 143. The molecule has 0 heterocycles. The van der Waals surface area contributed by atoms with Crippen molar-refractivity contribution in [1.29, 1.82) is 0 Å². The predicted octanol–water partition coefficient (Wildman–Crippen LogP) is 1.98. The first-order chi connectivity index (χ1) is 5.16. The second-order valence-corrected chi connectivity index (χ2v) is 3.07. The van der Waals surface area contributed by atoms with Crippen LogP contribution >= 0.6 is 12.6 Å². The number of hydrogen-bond acceptors (Lipinski definition) is 2. The van der Waals surface area contributed by atoms with Crippen LogP contribution in [0, 0.1) is 0 Å². The Morgan fingerprint density at radius 3 is 2.36 bits per heavy atom. The molecule has 64 valence electrons. The van der Waals surface area contributed by atoms with Gasteiger partial charge in [-0.3, -0.25) is 9.59 Å². The molecule has 0 aliphatic rings. The summed E-state index contributed by atoms with van der Waals surface area (Å²) in [6.45, 7) is 2.08. The summed E-state index contributed by atoms with van der Waals surface area (Å²) in [6.07, 6.45) is 3.58. The van der Waals surface area contributed by atoms with Gasteiger partial charge in [-0.1, -0.05) is 19.8 Å². The summed E-state index contributed by atoms with van der Waals surface area (Å²) in [5, 5.41) is -0.327. The molecule has 0 fully saturated rings. The van der Waals surface area contributed by atoms with E-state index in [-0.39, 0.29) is 17.3 Å². The Morgan fingerprint density at radius 1 is 1.27 bits per heavy atom. The molecule has 0 N–H and O–H groups in total. The molecule has 0 atom stereocenters. The molecule has 0 saturated heterocycles. The van der Waals surface area contributed by atoms with Crippen LogP contribution < -0.4 is 0 Å². The molecule has 0 bridgehead atoms. The highest BCUT2D eigenvalue weighted by atomic mass is 32.1. The molecule has 0 unspecified atom stereocenters. The highest BCUT2D eigenvalue weighted by Gasteiger charge is 2.04. The van der Waals surface area contributed by atoms with Crippen molar-refractivity contribution in [3.63, 3.8) is 0 Å². The molecular weight excluding hydrogens is 160 g/mol. The Kier molecular flexibility index (Phi) is 6.22. The molecule has 0 aromatic rings. The standard InChI is InChI=1S/C8H14O2S/c1-2-3-4-5-7(9)6-8(10)11/h2-6H2,1H3,(H,10,11). The van der Waals surface area contributed by atoms with Crippen molar-refractivity contribution in [1.82, 2.24) is 0 Å². The van der Waals surface area contributed by atoms with Gasteiger partial charge in [0.05, 0.1) is 6.42 Å². The Balaban J connectivity index is 3.30. The average Bonchev–Trinajstić information content (AvgIpc) is 1.86. The van der Waals surface area contributed by atoms with Crippen LogP contribution in [0.15, 0.2) is 0 Å². The van der Waals surface area contributed by atoms with Gasteiger partial charge in [0, 0.05) is 6.42 Å². The number of hydrogen-bond donors (Lipinski definition) is 1. The normalized spacial score (nSPS) is 9.64. The van der Waals surface area contributed by atoms with Gasteiger partial charge in [0.25, 0.3) is 0 Å². The van der Waals surface area contributed by atoms with Gasteiger partial charge in [0.1, 0.15) is 5.78 Å². The maximum absolute atomic E-state index is 10.9. The summed E-state index contributed by atoms with van der Waals surface area (Å²) in [4.78, 5) is 21.2. The lowest BCUT2D eigenvalue weighted by molar-refractivity contribution is -0.123. The van der Waals surface area contributed by atoms with Gasteiger partial charge in [0.15, 0.2) is 5.12 Å². The highest BCUT2D eigenvalue weighted by molar-refractivity contribution is 7.96. The zero-order valence-electron chi connectivity index (χ0n) is 6.80. The topological polar surface area (TPSA) is 34.1 Å². The van der Waals surface area contributed by atoms with Gasteiger partial charge in [0.2, 0.25) is 0 Å². The van der Waals surface area contributed by atoms with E-state index >= 15 is 0 Å². The number of Topliss-reactive ketones (excluding diaryl/α,β-unsaturated/α-hetero) is 1. The predicted molar refractivity (Wildman–Crippen MR) is 47.8 cm³/mol. The maximum Gasteiger partial charge on any atom is 0.193 e. The Morgan fingerprint density at radius 2 is 1.91 bits per heavy atom. The number of ketones is 1. The Hall–Kier alpha value is -0.310. The SMILES string of the molecule is CCCCCC(=O)CC(=O)S. The fraction of sp³-hybridized carbons (Fsp3) is 0.750. The zero-order valence-corrected chi connectivity index (χ0v) is 7.69. The van der Waals surface area contributed by atoms with Crippen LogP contribution in [0.4, 0.5) is 0 Å². The summed E-state index contributed by atoms with van der Waals surface area (Å²) < 4.78 is 0. The first-order valence-electron chi connectivity index (χ1n) is 3.90. The first kappa shape index (κ1) is 10.7. The molecule has 0 aliphatic carbocycles. The van der Waals surface area contributed by atoms with Gasteiger partial charge in [-0.25, -0.2) is 0 Å². The van der Waals surface area contributed by atoms with Gasteiger partial charge >= 0.3 is 0 Å².